The molecule has 8 nitrogen and oxygen atoms in total. The van der Waals surface area contributed by atoms with Crippen LogP contribution in [0.5, 0.6) is 0 Å². The van der Waals surface area contributed by atoms with Crippen molar-refractivity contribution in [3.63, 3.8) is 0 Å². The maximum Gasteiger partial charge on any atom is 0.343 e. The van der Waals surface area contributed by atoms with Crippen LogP contribution in [-0.2, 0) is 7.05 Å². The Morgan fingerprint density at radius 1 is 1.50 bits per heavy atom. The molecule has 20 heavy (non-hydrogen) atoms. The molecule has 104 valence electrons. The summed E-state index contributed by atoms with van der Waals surface area (Å²) in [6, 6.07) is 4.19. The molecule has 1 aromatic carbocycles. The summed E-state index contributed by atoms with van der Waals surface area (Å²) in [7, 11) is 1.50. The second-order valence-corrected chi connectivity index (χ2v) is 4.98. The normalized spacial score (nSPS) is 10.5. The zero-order chi connectivity index (χ0) is 14.9. The molecule has 0 saturated carbocycles. The number of hydrogen-bond donors (Lipinski definition) is 1. The van der Waals surface area contributed by atoms with Crippen LogP contribution in [0.25, 0.3) is 0 Å². The van der Waals surface area contributed by atoms with Gasteiger partial charge >= 0.3 is 5.69 Å². The fourth-order valence-corrected chi connectivity index (χ4v) is 2.37. The van der Waals surface area contributed by atoms with E-state index in [0.717, 1.165) is 11.8 Å². The number of nitrogens with one attached hydrogen (secondary N) is 1. The van der Waals surface area contributed by atoms with Crippen molar-refractivity contribution >= 4 is 23.2 Å². The van der Waals surface area contributed by atoms with Crippen molar-refractivity contribution in [1.82, 2.24) is 14.8 Å². The standard InChI is InChI=1S/C11H10N4O4S/c1-6(16)7-3-4-9(8(5-7)15(18)19)20-11-13-12-10(17)14(11)2/h3-5H,1-2H3,(H,12,17). The molecule has 0 aliphatic rings. The molecule has 0 radical (unpaired) electrons. The quantitative estimate of drug-likeness (QED) is 0.518. The molecule has 0 unspecified atom stereocenters. The van der Waals surface area contributed by atoms with Gasteiger partial charge in [0.25, 0.3) is 5.69 Å². The summed E-state index contributed by atoms with van der Waals surface area (Å²) in [5.41, 5.74) is -0.342. The van der Waals surface area contributed by atoms with Gasteiger partial charge in [0.05, 0.1) is 9.82 Å². The van der Waals surface area contributed by atoms with Crippen LogP contribution >= 0.6 is 11.8 Å². The van der Waals surface area contributed by atoms with Crippen molar-refractivity contribution in [3.8, 4) is 0 Å². The highest BCUT2D eigenvalue weighted by Crippen LogP contribution is 2.33. The fourth-order valence-electron chi connectivity index (χ4n) is 1.49. The second kappa shape index (κ2) is 5.29. The van der Waals surface area contributed by atoms with Crippen LogP contribution in [0.1, 0.15) is 17.3 Å². The number of rotatable bonds is 4. The van der Waals surface area contributed by atoms with Crippen LogP contribution < -0.4 is 5.69 Å². The molecular formula is C11H10N4O4S. The lowest BCUT2D eigenvalue weighted by Gasteiger charge is -2.03. The first-order valence-electron chi connectivity index (χ1n) is 5.48. The van der Waals surface area contributed by atoms with E-state index in [-0.39, 0.29) is 17.0 Å². The SMILES string of the molecule is CC(=O)c1ccc(Sc2n[nH]c(=O)n2C)c([N+](=O)[O-])c1. The molecule has 0 bridgehead atoms. The van der Waals surface area contributed by atoms with Crippen molar-refractivity contribution in [3.05, 3.63) is 44.4 Å². The number of carbonyl (C=O) groups excluding carboxylic acids is 1. The van der Waals surface area contributed by atoms with Gasteiger partial charge < -0.3 is 0 Å². The van der Waals surface area contributed by atoms with Crippen LogP contribution in [0.4, 0.5) is 5.69 Å². The largest absolute Gasteiger partial charge is 0.343 e. The summed E-state index contributed by atoms with van der Waals surface area (Å²) in [4.78, 5) is 33.3. The Hall–Kier alpha value is -2.42. The van der Waals surface area contributed by atoms with Crippen molar-refractivity contribution in [1.29, 1.82) is 0 Å². The monoisotopic (exact) mass is 294 g/mol. The third-order valence-corrected chi connectivity index (χ3v) is 3.72. The second-order valence-electron chi connectivity index (χ2n) is 3.97. The molecule has 0 aliphatic heterocycles. The van der Waals surface area contributed by atoms with Gasteiger partial charge in [0, 0.05) is 18.7 Å². The number of H-pyrrole nitrogens is 1. The Labute approximate surface area is 117 Å². The maximum absolute atomic E-state index is 11.3. The van der Waals surface area contributed by atoms with Crippen molar-refractivity contribution in [2.45, 2.75) is 17.0 Å². The predicted molar refractivity (Wildman–Crippen MR) is 71.1 cm³/mol. The van der Waals surface area contributed by atoms with Gasteiger partial charge in [-0.2, -0.15) is 0 Å². The van der Waals surface area contributed by atoms with Gasteiger partial charge in [-0.1, -0.05) is 0 Å². The molecule has 1 heterocycles. The smallest absolute Gasteiger partial charge is 0.295 e. The van der Waals surface area contributed by atoms with Gasteiger partial charge in [0.1, 0.15) is 0 Å². The molecule has 1 aromatic heterocycles. The molecule has 2 aromatic rings. The molecule has 0 saturated heterocycles. The average Bonchev–Trinajstić information content (AvgIpc) is 2.70. The van der Waals surface area contributed by atoms with Crippen LogP contribution in [0, 0.1) is 10.1 Å². The number of nitro groups is 1. The molecule has 0 fully saturated rings. The number of nitrogens with zero attached hydrogens (tertiary/aromatic N) is 3. The minimum atomic E-state index is -0.570. The van der Waals surface area contributed by atoms with Crippen LogP contribution in [0.3, 0.4) is 0 Å². The first kappa shape index (κ1) is 14.0. The van der Waals surface area contributed by atoms with E-state index in [1.54, 1.807) is 0 Å². The molecule has 2 rings (SSSR count). The van der Waals surface area contributed by atoms with E-state index in [4.69, 9.17) is 0 Å². The molecule has 0 spiro atoms. The van der Waals surface area contributed by atoms with Gasteiger partial charge in [-0.05, 0) is 30.8 Å². The molecule has 1 N–H and O–H groups in total. The lowest BCUT2D eigenvalue weighted by Crippen LogP contribution is -2.12. The van der Waals surface area contributed by atoms with Crippen molar-refractivity contribution < 1.29 is 9.72 Å². The summed E-state index contributed by atoms with van der Waals surface area (Å²) in [5.74, 6) is -0.253. The first-order chi connectivity index (χ1) is 9.40. The maximum atomic E-state index is 11.3. The minimum Gasteiger partial charge on any atom is -0.295 e. The lowest BCUT2D eigenvalue weighted by atomic mass is 10.1. The number of benzene rings is 1. The van der Waals surface area contributed by atoms with Crippen molar-refractivity contribution in [2.24, 2.45) is 7.05 Å². The predicted octanol–water partition coefficient (Wildman–Crippen LogP) is 1.37. The highest BCUT2D eigenvalue weighted by molar-refractivity contribution is 7.99. The highest BCUT2D eigenvalue weighted by atomic mass is 32.2. The van der Waals surface area contributed by atoms with E-state index >= 15 is 0 Å². The van der Waals surface area contributed by atoms with E-state index in [1.165, 1.54) is 36.7 Å². The summed E-state index contributed by atoms with van der Waals surface area (Å²) >= 11 is 0.978. The third kappa shape index (κ3) is 2.62. The number of aromatic amines is 1. The lowest BCUT2D eigenvalue weighted by molar-refractivity contribution is -0.387. The Balaban J connectivity index is 2.46. The highest BCUT2D eigenvalue weighted by Gasteiger charge is 2.19. The topological polar surface area (TPSA) is 111 Å². The van der Waals surface area contributed by atoms with Gasteiger partial charge in [-0.15, -0.1) is 5.10 Å². The van der Waals surface area contributed by atoms with Gasteiger partial charge in [-0.3, -0.25) is 19.5 Å². The number of hydrogen-bond acceptors (Lipinski definition) is 6. The summed E-state index contributed by atoms with van der Waals surface area (Å²) < 4.78 is 1.24. The van der Waals surface area contributed by atoms with Gasteiger partial charge in [0.2, 0.25) is 0 Å². The molecule has 0 aliphatic carbocycles. The number of ketones is 1. The van der Waals surface area contributed by atoms with Crippen LogP contribution in [-0.4, -0.2) is 25.5 Å². The summed E-state index contributed by atoms with van der Waals surface area (Å²) in [6.07, 6.45) is 0. The number of nitro benzene ring substituents is 1. The van der Waals surface area contributed by atoms with Gasteiger partial charge in [-0.25, -0.2) is 9.89 Å². The third-order valence-electron chi connectivity index (χ3n) is 2.60. The zero-order valence-corrected chi connectivity index (χ0v) is 11.4. The van der Waals surface area contributed by atoms with E-state index < -0.39 is 10.6 Å². The Morgan fingerprint density at radius 2 is 2.20 bits per heavy atom. The number of carbonyl (C=O) groups is 1. The molecule has 0 atom stereocenters. The minimum absolute atomic E-state index is 0.196. The number of aromatic nitrogens is 3. The summed E-state index contributed by atoms with van der Waals surface area (Å²) in [5, 5.41) is 17.4. The Morgan fingerprint density at radius 3 is 2.70 bits per heavy atom. The molecular weight excluding hydrogens is 284 g/mol. The van der Waals surface area contributed by atoms with Crippen LogP contribution in [0.2, 0.25) is 0 Å². The van der Waals surface area contributed by atoms with Crippen LogP contribution in [0.15, 0.2) is 33.0 Å². The Bertz CT molecular complexity index is 749. The van der Waals surface area contributed by atoms with Gasteiger partial charge in [0.15, 0.2) is 10.9 Å². The fraction of sp³-hybridized carbons (Fsp3) is 0.182. The van der Waals surface area contributed by atoms with E-state index in [2.05, 4.69) is 10.2 Å². The van der Waals surface area contributed by atoms with E-state index in [9.17, 15) is 19.7 Å². The molecule has 9 heteroatoms. The summed E-state index contributed by atoms with van der Waals surface area (Å²) in [6.45, 7) is 1.34. The molecule has 0 amide bonds. The first-order valence-corrected chi connectivity index (χ1v) is 6.30. The Kier molecular flexibility index (Phi) is 3.70. The zero-order valence-electron chi connectivity index (χ0n) is 10.6. The van der Waals surface area contributed by atoms with Crippen molar-refractivity contribution in [2.75, 3.05) is 0 Å². The van der Waals surface area contributed by atoms with E-state index in [0.29, 0.717) is 10.1 Å². The number of Topliss-reactive ketones (excluding diaryl/α,β-unsaturated/α-hetero) is 1. The average molecular weight is 294 g/mol. The van der Waals surface area contributed by atoms with E-state index in [1.807, 2.05) is 0 Å².